The van der Waals surface area contributed by atoms with Crippen molar-refractivity contribution < 1.29 is 9.53 Å². The van der Waals surface area contributed by atoms with E-state index >= 15 is 0 Å². The number of hydrogen-bond donors (Lipinski definition) is 0. The Morgan fingerprint density at radius 1 is 0.893 bits per heavy atom. The minimum Gasteiger partial charge on any atom is -0.497 e. The van der Waals surface area contributed by atoms with Gasteiger partial charge in [0.25, 0.3) is 0 Å². The van der Waals surface area contributed by atoms with E-state index in [9.17, 15) is 4.79 Å². The zero-order valence-electron chi connectivity index (χ0n) is 17.8. The summed E-state index contributed by atoms with van der Waals surface area (Å²) in [7, 11) is 1.65. The minimum atomic E-state index is -0.0608. The van der Waals surface area contributed by atoms with E-state index in [1.807, 2.05) is 35.2 Å². The SMILES string of the molecule is COc1ccc(N2C(=O)[C@@H]([C@H](C)N(C(C)C)C(C)C)[C@H]2c2ccccc2)cc1. The Kier molecular flexibility index (Phi) is 6.09. The number of ether oxygens (including phenoxy) is 1. The fraction of sp³-hybridized carbons (Fsp3) is 0.458. The lowest BCUT2D eigenvalue weighted by Gasteiger charge is -2.53. The first-order valence-corrected chi connectivity index (χ1v) is 10.2. The standard InChI is InChI=1S/C24H32N2O2/c1-16(2)25(17(3)4)18(5)22-23(19-10-8-7-9-11-19)26(24(22)27)20-12-14-21(28-6)15-13-20/h7-18,22-23H,1-6H3/t18-,22-,23+/m0/s1. The van der Waals surface area contributed by atoms with Gasteiger partial charge in [-0.2, -0.15) is 0 Å². The average Bonchev–Trinajstić information content (AvgIpc) is 2.66. The van der Waals surface area contributed by atoms with Gasteiger partial charge in [0.05, 0.1) is 19.1 Å². The molecule has 3 rings (SSSR count). The summed E-state index contributed by atoms with van der Waals surface area (Å²) in [5.74, 6) is 0.927. The van der Waals surface area contributed by atoms with Crippen molar-refractivity contribution in [2.75, 3.05) is 12.0 Å². The highest BCUT2D eigenvalue weighted by Gasteiger charge is 2.52. The van der Waals surface area contributed by atoms with Crippen LogP contribution in [0, 0.1) is 5.92 Å². The molecule has 28 heavy (non-hydrogen) atoms. The first-order valence-electron chi connectivity index (χ1n) is 10.2. The van der Waals surface area contributed by atoms with Crippen LogP contribution in [0.25, 0.3) is 0 Å². The number of methoxy groups -OCH3 is 1. The maximum absolute atomic E-state index is 13.4. The van der Waals surface area contributed by atoms with E-state index in [0.717, 1.165) is 11.4 Å². The Bertz CT molecular complexity index is 778. The van der Waals surface area contributed by atoms with Crippen LogP contribution in [0.2, 0.25) is 0 Å². The lowest BCUT2D eigenvalue weighted by atomic mass is 9.76. The van der Waals surface area contributed by atoms with Crippen molar-refractivity contribution >= 4 is 11.6 Å². The number of carbonyl (C=O) groups is 1. The van der Waals surface area contributed by atoms with Crippen LogP contribution < -0.4 is 9.64 Å². The first kappa shape index (κ1) is 20.4. The van der Waals surface area contributed by atoms with Gasteiger partial charge in [0.15, 0.2) is 0 Å². The number of amides is 1. The van der Waals surface area contributed by atoms with Gasteiger partial charge in [0.2, 0.25) is 5.91 Å². The van der Waals surface area contributed by atoms with Crippen molar-refractivity contribution in [2.45, 2.75) is 58.8 Å². The molecule has 0 bridgehead atoms. The van der Waals surface area contributed by atoms with Crippen LogP contribution in [0.5, 0.6) is 5.75 Å². The molecule has 1 saturated heterocycles. The molecule has 150 valence electrons. The number of carbonyl (C=O) groups excluding carboxylic acids is 1. The maximum Gasteiger partial charge on any atom is 0.234 e. The zero-order chi connectivity index (χ0) is 20.4. The lowest BCUT2D eigenvalue weighted by Crippen LogP contribution is -2.63. The van der Waals surface area contributed by atoms with Crippen molar-refractivity contribution in [1.29, 1.82) is 0 Å². The van der Waals surface area contributed by atoms with Crippen molar-refractivity contribution in [1.82, 2.24) is 4.90 Å². The highest BCUT2D eigenvalue weighted by atomic mass is 16.5. The fourth-order valence-corrected chi connectivity index (χ4v) is 4.74. The predicted molar refractivity (Wildman–Crippen MR) is 115 cm³/mol. The largest absolute Gasteiger partial charge is 0.497 e. The Labute approximate surface area is 169 Å². The number of rotatable bonds is 7. The third-order valence-electron chi connectivity index (χ3n) is 5.82. The molecule has 0 spiro atoms. The molecule has 1 heterocycles. The van der Waals surface area contributed by atoms with E-state index in [-0.39, 0.29) is 23.9 Å². The molecule has 1 aliphatic heterocycles. The molecular weight excluding hydrogens is 348 g/mol. The summed E-state index contributed by atoms with van der Waals surface area (Å²) in [5, 5.41) is 0. The second kappa shape index (κ2) is 8.36. The molecule has 0 aliphatic carbocycles. The van der Waals surface area contributed by atoms with Gasteiger partial charge in [-0.1, -0.05) is 30.3 Å². The van der Waals surface area contributed by atoms with Gasteiger partial charge in [-0.3, -0.25) is 9.69 Å². The molecule has 1 amide bonds. The van der Waals surface area contributed by atoms with Crippen molar-refractivity contribution in [3.8, 4) is 5.75 Å². The van der Waals surface area contributed by atoms with E-state index < -0.39 is 0 Å². The molecule has 0 aromatic heterocycles. The van der Waals surface area contributed by atoms with Gasteiger partial charge in [-0.15, -0.1) is 0 Å². The molecule has 0 N–H and O–H groups in total. The first-order chi connectivity index (χ1) is 13.4. The number of anilines is 1. The number of hydrogen-bond acceptors (Lipinski definition) is 3. The minimum absolute atomic E-state index is 0.0390. The van der Waals surface area contributed by atoms with Gasteiger partial charge in [0, 0.05) is 23.8 Å². The maximum atomic E-state index is 13.4. The van der Waals surface area contributed by atoms with E-state index in [0.29, 0.717) is 12.1 Å². The number of nitrogens with zero attached hydrogens (tertiary/aromatic N) is 2. The third-order valence-corrected chi connectivity index (χ3v) is 5.82. The summed E-state index contributed by atoms with van der Waals surface area (Å²) >= 11 is 0. The van der Waals surface area contributed by atoms with Crippen LogP contribution in [0.15, 0.2) is 54.6 Å². The van der Waals surface area contributed by atoms with Crippen molar-refractivity contribution in [3.63, 3.8) is 0 Å². The normalized spacial score (nSPS) is 20.6. The van der Waals surface area contributed by atoms with Crippen molar-refractivity contribution in [2.24, 2.45) is 5.92 Å². The third kappa shape index (κ3) is 3.66. The quantitative estimate of drug-likeness (QED) is 0.640. The molecule has 3 atom stereocenters. The molecule has 4 nitrogen and oxygen atoms in total. The highest BCUT2D eigenvalue weighted by Crippen LogP contribution is 2.46. The summed E-state index contributed by atoms with van der Waals surface area (Å²) in [5.41, 5.74) is 2.10. The summed E-state index contributed by atoms with van der Waals surface area (Å²) in [6.07, 6.45) is 0. The summed E-state index contributed by atoms with van der Waals surface area (Å²) in [6, 6.07) is 19.1. The summed E-state index contributed by atoms with van der Waals surface area (Å²) < 4.78 is 5.27. The molecule has 2 aromatic carbocycles. The fourth-order valence-electron chi connectivity index (χ4n) is 4.74. The number of benzene rings is 2. The van der Waals surface area contributed by atoms with Gasteiger partial charge in [-0.25, -0.2) is 0 Å². The Hall–Kier alpha value is -2.33. The second-order valence-corrected chi connectivity index (χ2v) is 8.16. The van der Waals surface area contributed by atoms with Gasteiger partial charge >= 0.3 is 0 Å². The predicted octanol–water partition coefficient (Wildman–Crippen LogP) is 4.91. The van der Waals surface area contributed by atoms with Crippen LogP contribution in [-0.2, 0) is 4.79 Å². The molecule has 0 radical (unpaired) electrons. The summed E-state index contributed by atoms with van der Waals surface area (Å²) in [4.78, 5) is 17.7. The van der Waals surface area contributed by atoms with Gasteiger partial charge < -0.3 is 9.64 Å². The monoisotopic (exact) mass is 380 g/mol. The highest BCUT2D eigenvalue weighted by molar-refractivity contribution is 6.03. The molecule has 4 heteroatoms. The topological polar surface area (TPSA) is 32.8 Å². The molecule has 2 aromatic rings. The summed E-state index contributed by atoms with van der Waals surface area (Å²) in [6.45, 7) is 11.0. The van der Waals surface area contributed by atoms with E-state index in [1.54, 1.807) is 7.11 Å². The molecule has 1 fully saturated rings. The van der Waals surface area contributed by atoms with Crippen LogP contribution in [0.4, 0.5) is 5.69 Å². The Balaban J connectivity index is 1.97. The van der Waals surface area contributed by atoms with Crippen LogP contribution in [0.3, 0.4) is 0 Å². The van der Waals surface area contributed by atoms with Crippen LogP contribution >= 0.6 is 0 Å². The van der Waals surface area contributed by atoms with E-state index in [4.69, 9.17) is 4.74 Å². The molecular formula is C24H32N2O2. The number of β-lactam (4-membered cyclic amide) rings is 1. The Morgan fingerprint density at radius 3 is 1.96 bits per heavy atom. The molecule has 0 saturated carbocycles. The van der Waals surface area contributed by atoms with Crippen molar-refractivity contribution in [3.05, 3.63) is 60.2 Å². The lowest BCUT2D eigenvalue weighted by molar-refractivity contribution is -0.134. The van der Waals surface area contributed by atoms with E-state index in [2.05, 4.69) is 63.8 Å². The smallest absolute Gasteiger partial charge is 0.234 e. The van der Waals surface area contributed by atoms with Crippen LogP contribution in [0.1, 0.15) is 46.2 Å². The second-order valence-electron chi connectivity index (χ2n) is 8.16. The average molecular weight is 381 g/mol. The molecule has 1 aliphatic rings. The molecule has 0 unspecified atom stereocenters. The van der Waals surface area contributed by atoms with Gasteiger partial charge in [0.1, 0.15) is 5.75 Å². The van der Waals surface area contributed by atoms with E-state index in [1.165, 1.54) is 5.56 Å². The Morgan fingerprint density at radius 2 is 1.46 bits per heavy atom. The van der Waals surface area contributed by atoms with Crippen LogP contribution in [-0.4, -0.2) is 36.0 Å². The van der Waals surface area contributed by atoms with Gasteiger partial charge in [-0.05, 0) is 64.4 Å². The zero-order valence-corrected chi connectivity index (χ0v) is 17.8.